The summed E-state index contributed by atoms with van der Waals surface area (Å²) in [6.45, 7) is 3.59. The van der Waals surface area contributed by atoms with Crippen molar-refractivity contribution in [3.05, 3.63) is 12.3 Å². The molecule has 8 nitrogen and oxygen atoms in total. The number of rotatable bonds is 4. The lowest BCUT2D eigenvalue weighted by Crippen LogP contribution is -2.13. The largest absolute Gasteiger partial charge is 0.515 e. The minimum atomic E-state index is -0.915. The van der Waals surface area contributed by atoms with Gasteiger partial charge in [0.05, 0.1) is 25.1 Å². The van der Waals surface area contributed by atoms with Gasteiger partial charge in [-0.05, 0) is 13.8 Å². The van der Waals surface area contributed by atoms with Crippen LogP contribution in [0.1, 0.15) is 13.8 Å². The molecule has 0 aliphatic rings. The van der Waals surface area contributed by atoms with E-state index in [2.05, 4.69) is 14.5 Å². The second kappa shape index (κ2) is 7.04. The van der Waals surface area contributed by atoms with Crippen molar-refractivity contribution in [2.24, 2.45) is 0 Å². The summed E-state index contributed by atoms with van der Waals surface area (Å²) in [4.78, 5) is 26.0. The molecule has 1 rings (SSSR count). The Morgan fingerprint density at radius 1 is 1.16 bits per heavy atom. The number of carbonyl (C=O) groups excluding carboxylic acids is 2. The van der Waals surface area contributed by atoms with Gasteiger partial charge in [-0.2, -0.15) is 0 Å². The van der Waals surface area contributed by atoms with Gasteiger partial charge in [-0.1, -0.05) is 0 Å². The highest BCUT2D eigenvalue weighted by molar-refractivity contribution is 5.68. The monoisotopic (exact) mass is 270 g/mol. The van der Waals surface area contributed by atoms with Gasteiger partial charge in [-0.15, -0.1) is 0 Å². The molecule has 0 spiro atoms. The van der Waals surface area contributed by atoms with Crippen LogP contribution in [0.3, 0.4) is 0 Å². The first-order chi connectivity index (χ1) is 9.06. The summed E-state index contributed by atoms with van der Waals surface area (Å²) in [7, 11) is 0. The fraction of sp³-hybridized carbons (Fsp3) is 0.364. The van der Waals surface area contributed by atoms with Crippen LogP contribution in [0.2, 0.25) is 0 Å². The molecule has 0 amide bonds. The highest BCUT2D eigenvalue weighted by atomic mass is 16.7. The summed E-state index contributed by atoms with van der Waals surface area (Å²) in [6.07, 6.45) is -0.646. The molecule has 1 aromatic heterocycles. The second-order valence-corrected chi connectivity index (χ2v) is 3.13. The molecule has 0 aliphatic carbocycles. The molecule has 19 heavy (non-hydrogen) atoms. The van der Waals surface area contributed by atoms with Crippen molar-refractivity contribution in [1.29, 1.82) is 0 Å². The third kappa shape index (κ3) is 4.70. The lowest BCUT2D eigenvalue weighted by molar-refractivity contribution is 0.102. The topological polar surface area (TPSA) is 110 Å². The molecule has 0 aliphatic heterocycles. The van der Waals surface area contributed by atoms with E-state index in [-0.39, 0.29) is 30.5 Å². The fourth-order valence-corrected chi connectivity index (χ4v) is 1.04. The summed E-state index contributed by atoms with van der Waals surface area (Å²) in [5.74, 6) is -0.125. The number of pyridine rings is 1. The summed E-state index contributed by atoms with van der Waals surface area (Å²) in [6, 6.07) is 1.18. The van der Waals surface area contributed by atoms with E-state index in [0.29, 0.717) is 0 Å². The number of anilines is 1. The Bertz CT molecular complexity index is 462. The number of nitrogens with two attached hydrogens (primary N) is 1. The standard InChI is InChI=1S/C11H14N2O6/c1-3-16-10(14)18-8-5-9(13-6-7(8)12)19-11(15)17-4-2/h5-6H,3-4,12H2,1-2H3. The van der Waals surface area contributed by atoms with Crippen molar-refractivity contribution in [1.82, 2.24) is 4.98 Å². The molecule has 0 aromatic carbocycles. The summed E-state index contributed by atoms with van der Waals surface area (Å²) < 4.78 is 18.7. The molecule has 0 fully saturated rings. The van der Waals surface area contributed by atoms with Crippen LogP contribution in [0.15, 0.2) is 12.3 Å². The Labute approximate surface area is 109 Å². The van der Waals surface area contributed by atoms with Crippen LogP contribution >= 0.6 is 0 Å². The van der Waals surface area contributed by atoms with Gasteiger partial charge in [0.15, 0.2) is 5.75 Å². The van der Waals surface area contributed by atoms with Crippen molar-refractivity contribution >= 4 is 18.0 Å². The number of nitrogens with zero attached hydrogens (tertiary/aromatic N) is 1. The van der Waals surface area contributed by atoms with E-state index in [1.165, 1.54) is 12.3 Å². The Kier molecular flexibility index (Phi) is 5.39. The van der Waals surface area contributed by atoms with E-state index < -0.39 is 12.3 Å². The summed E-state index contributed by atoms with van der Waals surface area (Å²) in [5, 5.41) is 0. The van der Waals surface area contributed by atoms with Gasteiger partial charge in [0, 0.05) is 6.07 Å². The van der Waals surface area contributed by atoms with Crippen molar-refractivity contribution < 1.29 is 28.5 Å². The van der Waals surface area contributed by atoms with Crippen molar-refractivity contribution in [3.8, 4) is 11.6 Å². The van der Waals surface area contributed by atoms with Gasteiger partial charge in [-0.25, -0.2) is 14.6 Å². The van der Waals surface area contributed by atoms with E-state index in [4.69, 9.17) is 15.2 Å². The predicted molar refractivity (Wildman–Crippen MR) is 63.9 cm³/mol. The highest BCUT2D eigenvalue weighted by Gasteiger charge is 2.13. The average molecular weight is 270 g/mol. The van der Waals surface area contributed by atoms with Crippen LogP contribution in [0.5, 0.6) is 11.6 Å². The maximum Gasteiger partial charge on any atom is 0.515 e. The molecule has 0 radical (unpaired) electrons. The van der Waals surface area contributed by atoms with E-state index in [9.17, 15) is 9.59 Å². The number of aromatic nitrogens is 1. The Morgan fingerprint density at radius 3 is 2.32 bits per heavy atom. The molecule has 0 saturated carbocycles. The van der Waals surface area contributed by atoms with Crippen LogP contribution in [0.4, 0.5) is 15.3 Å². The summed E-state index contributed by atoms with van der Waals surface area (Å²) in [5.41, 5.74) is 5.66. The first-order valence-electron chi connectivity index (χ1n) is 5.51. The lowest BCUT2D eigenvalue weighted by atomic mass is 10.4. The number of ether oxygens (including phenoxy) is 4. The Hall–Kier alpha value is -2.51. The zero-order chi connectivity index (χ0) is 14.3. The Balaban J connectivity index is 2.76. The Morgan fingerprint density at radius 2 is 1.74 bits per heavy atom. The second-order valence-electron chi connectivity index (χ2n) is 3.13. The molecule has 2 N–H and O–H groups in total. The minimum Gasteiger partial charge on any atom is -0.434 e. The van der Waals surface area contributed by atoms with Crippen LogP contribution in [0, 0.1) is 0 Å². The molecule has 8 heteroatoms. The van der Waals surface area contributed by atoms with Gasteiger partial charge < -0.3 is 24.7 Å². The third-order valence-corrected chi connectivity index (χ3v) is 1.78. The number of carbonyl (C=O) groups is 2. The fourth-order valence-electron chi connectivity index (χ4n) is 1.04. The minimum absolute atomic E-state index is 0.0206. The molecule has 104 valence electrons. The maximum atomic E-state index is 11.1. The van der Waals surface area contributed by atoms with Crippen molar-refractivity contribution in [2.75, 3.05) is 18.9 Å². The first-order valence-corrected chi connectivity index (χ1v) is 5.51. The number of hydrogen-bond acceptors (Lipinski definition) is 8. The molecule has 0 atom stereocenters. The third-order valence-electron chi connectivity index (χ3n) is 1.78. The molecule has 0 unspecified atom stereocenters. The zero-order valence-corrected chi connectivity index (χ0v) is 10.5. The van der Waals surface area contributed by atoms with Crippen LogP contribution in [-0.2, 0) is 9.47 Å². The number of hydrogen-bond donors (Lipinski definition) is 1. The quantitative estimate of drug-likeness (QED) is 0.823. The molecular weight excluding hydrogens is 256 g/mol. The van der Waals surface area contributed by atoms with Crippen LogP contribution < -0.4 is 15.2 Å². The van der Waals surface area contributed by atoms with E-state index in [1.54, 1.807) is 13.8 Å². The van der Waals surface area contributed by atoms with Gasteiger partial charge in [0.2, 0.25) is 5.88 Å². The molecule has 1 aromatic rings. The predicted octanol–water partition coefficient (Wildman–Crippen LogP) is 1.73. The maximum absolute atomic E-state index is 11.1. The molecular formula is C11H14N2O6. The van der Waals surface area contributed by atoms with Gasteiger partial charge >= 0.3 is 12.3 Å². The average Bonchev–Trinajstić information content (AvgIpc) is 2.34. The normalized spacial score (nSPS) is 9.58. The van der Waals surface area contributed by atoms with Crippen molar-refractivity contribution in [3.63, 3.8) is 0 Å². The molecule has 0 bridgehead atoms. The van der Waals surface area contributed by atoms with E-state index in [1.807, 2.05) is 0 Å². The molecule has 0 saturated heterocycles. The first kappa shape index (κ1) is 14.6. The van der Waals surface area contributed by atoms with Gasteiger partial charge in [0.25, 0.3) is 0 Å². The lowest BCUT2D eigenvalue weighted by Gasteiger charge is -2.08. The van der Waals surface area contributed by atoms with Crippen LogP contribution in [0.25, 0.3) is 0 Å². The summed E-state index contributed by atoms with van der Waals surface area (Å²) >= 11 is 0. The number of nitrogen functional groups attached to an aromatic ring is 1. The van der Waals surface area contributed by atoms with E-state index >= 15 is 0 Å². The van der Waals surface area contributed by atoms with Crippen LogP contribution in [-0.4, -0.2) is 30.5 Å². The molecule has 1 heterocycles. The van der Waals surface area contributed by atoms with Crippen molar-refractivity contribution in [2.45, 2.75) is 13.8 Å². The zero-order valence-electron chi connectivity index (χ0n) is 10.5. The van der Waals surface area contributed by atoms with Gasteiger partial charge in [-0.3, -0.25) is 0 Å². The van der Waals surface area contributed by atoms with Gasteiger partial charge in [0.1, 0.15) is 0 Å². The highest BCUT2D eigenvalue weighted by Crippen LogP contribution is 2.25. The van der Waals surface area contributed by atoms with E-state index in [0.717, 1.165) is 0 Å². The smallest absolute Gasteiger partial charge is 0.434 e. The SMILES string of the molecule is CCOC(=O)Oc1cc(OC(=O)OCC)c(N)cn1.